The highest BCUT2D eigenvalue weighted by molar-refractivity contribution is 5.34. The number of piperidine rings is 1. The molecular weight excluding hydrogens is 212 g/mol. The standard InChI is InChI=1S/C9H12N4O3/c14-8-2-1-3-12(6-8)9-10-4-7(5-11-9)13(15)16/h4-5,8,14H,1-3,6H2/t8-/m0/s1. The van der Waals surface area contributed by atoms with Gasteiger partial charge in [0, 0.05) is 13.1 Å². The van der Waals surface area contributed by atoms with E-state index in [-0.39, 0.29) is 11.8 Å². The lowest BCUT2D eigenvalue weighted by Crippen LogP contribution is -2.39. The van der Waals surface area contributed by atoms with Crippen molar-refractivity contribution < 1.29 is 10.0 Å². The smallest absolute Gasteiger partial charge is 0.305 e. The third-order valence-corrected chi connectivity index (χ3v) is 2.51. The number of aliphatic hydroxyl groups excluding tert-OH is 1. The first-order valence-electron chi connectivity index (χ1n) is 5.06. The Balaban J connectivity index is 2.11. The van der Waals surface area contributed by atoms with E-state index in [1.807, 2.05) is 4.90 Å². The van der Waals surface area contributed by atoms with Crippen LogP contribution in [0.2, 0.25) is 0 Å². The Labute approximate surface area is 91.9 Å². The van der Waals surface area contributed by atoms with Gasteiger partial charge in [0.1, 0.15) is 12.4 Å². The Bertz CT molecular complexity index is 381. The van der Waals surface area contributed by atoms with Crippen LogP contribution in [0.5, 0.6) is 0 Å². The van der Waals surface area contributed by atoms with E-state index < -0.39 is 4.92 Å². The molecule has 0 unspecified atom stereocenters. The SMILES string of the molecule is O=[N+]([O-])c1cnc(N2CCC[C@H](O)C2)nc1. The van der Waals surface area contributed by atoms with Gasteiger partial charge in [0.25, 0.3) is 0 Å². The summed E-state index contributed by atoms with van der Waals surface area (Å²) in [7, 11) is 0. The first-order valence-corrected chi connectivity index (χ1v) is 5.06. The van der Waals surface area contributed by atoms with Gasteiger partial charge in [0.15, 0.2) is 0 Å². The van der Waals surface area contributed by atoms with Gasteiger partial charge < -0.3 is 10.0 Å². The Hall–Kier alpha value is -1.76. The van der Waals surface area contributed by atoms with Gasteiger partial charge in [0.05, 0.1) is 11.0 Å². The summed E-state index contributed by atoms with van der Waals surface area (Å²) in [5.41, 5.74) is -0.124. The fourth-order valence-electron chi connectivity index (χ4n) is 1.71. The summed E-state index contributed by atoms with van der Waals surface area (Å²) in [5, 5.41) is 19.9. The molecule has 86 valence electrons. The van der Waals surface area contributed by atoms with Crippen LogP contribution < -0.4 is 4.90 Å². The first kappa shape index (κ1) is 10.7. The molecule has 0 spiro atoms. The summed E-state index contributed by atoms with van der Waals surface area (Å²) in [5.74, 6) is 0.435. The van der Waals surface area contributed by atoms with Crippen molar-refractivity contribution in [2.75, 3.05) is 18.0 Å². The number of aromatic nitrogens is 2. The first-order chi connectivity index (χ1) is 7.66. The molecule has 0 aliphatic carbocycles. The van der Waals surface area contributed by atoms with E-state index in [1.54, 1.807) is 0 Å². The van der Waals surface area contributed by atoms with Gasteiger partial charge in [-0.1, -0.05) is 0 Å². The molecule has 1 atom stereocenters. The fraction of sp³-hybridized carbons (Fsp3) is 0.556. The number of hydrogen-bond donors (Lipinski definition) is 1. The molecule has 0 saturated carbocycles. The average Bonchev–Trinajstić information content (AvgIpc) is 2.29. The Morgan fingerprint density at radius 2 is 2.19 bits per heavy atom. The van der Waals surface area contributed by atoms with Crippen LogP contribution in [0.3, 0.4) is 0 Å². The molecule has 0 radical (unpaired) electrons. The van der Waals surface area contributed by atoms with Crippen molar-refractivity contribution in [1.29, 1.82) is 0 Å². The zero-order valence-corrected chi connectivity index (χ0v) is 8.61. The number of aliphatic hydroxyl groups is 1. The van der Waals surface area contributed by atoms with Gasteiger partial charge in [-0.3, -0.25) is 10.1 Å². The number of nitrogens with zero attached hydrogens (tertiary/aromatic N) is 4. The van der Waals surface area contributed by atoms with Gasteiger partial charge in [-0.05, 0) is 12.8 Å². The second kappa shape index (κ2) is 4.40. The van der Waals surface area contributed by atoms with Crippen LogP contribution in [0.25, 0.3) is 0 Å². The Morgan fingerprint density at radius 1 is 1.50 bits per heavy atom. The highest BCUT2D eigenvalue weighted by atomic mass is 16.6. The molecule has 2 heterocycles. The van der Waals surface area contributed by atoms with Crippen molar-refractivity contribution >= 4 is 11.6 Å². The maximum Gasteiger partial charge on any atom is 0.305 e. The largest absolute Gasteiger partial charge is 0.391 e. The summed E-state index contributed by atoms with van der Waals surface area (Å²) in [6.45, 7) is 1.26. The summed E-state index contributed by atoms with van der Waals surface area (Å²) < 4.78 is 0. The third-order valence-electron chi connectivity index (χ3n) is 2.51. The minimum Gasteiger partial charge on any atom is -0.391 e. The Kier molecular flexibility index (Phi) is 2.95. The van der Waals surface area contributed by atoms with E-state index in [2.05, 4.69) is 9.97 Å². The minimum absolute atomic E-state index is 0.124. The van der Waals surface area contributed by atoms with Crippen LogP contribution in [0.4, 0.5) is 11.6 Å². The molecule has 1 aliphatic heterocycles. The van der Waals surface area contributed by atoms with Gasteiger partial charge >= 0.3 is 5.69 Å². The van der Waals surface area contributed by atoms with Gasteiger partial charge in [-0.25, -0.2) is 9.97 Å². The van der Waals surface area contributed by atoms with E-state index in [0.717, 1.165) is 19.4 Å². The fourth-order valence-corrected chi connectivity index (χ4v) is 1.71. The van der Waals surface area contributed by atoms with Crippen molar-refractivity contribution in [3.8, 4) is 0 Å². The van der Waals surface area contributed by atoms with Crippen LogP contribution in [0.15, 0.2) is 12.4 Å². The highest BCUT2D eigenvalue weighted by Crippen LogP contribution is 2.17. The number of β-amino-alcohol motifs (C(OH)–C–C–N with tert-alkyl or cyclic N) is 1. The van der Waals surface area contributed by atoms with Crippen LogP contribution in [0, 0.1) is 10.1 Å². The van der Waals surface area contributed by atoms with E-state index in [4.69, 9.17) is 0 Å². The normalized spacial score (nSPS) is 20.8. The molecule has 1 saturated heterocycles. The van der Waals surface area contributed by atoms with Crippen LogP contribution in [-0.2, 0) is 0 Å². The molecule has 1 aromatic heterocycles. The van der Waals surface area contributed by atoms with Crippen molar-refractivity contribution in [3.05, 3.63) is 22.5 Å². The second-order valence-electron chi connectivity index (χ2n) is 3.74. The lowest BCUT2D eigenvalue weighted by atomic mass is 10.1. The summed E-state index contributed by atoms with van der Waals surface area (Å²) in [6, 6.07) is 0. The number of rotatable bonds is 2. The molecule has 1 fully saturated rings. The summed E-state index contributed by atoms with van der Waals surface area (Å²) in [4.78, 5) is 19.6. The van der Waals surface area contributed by atoms with Crippen LogP contribution >= 0.6 is 0 Å². The van der Waals surface area contributed by atoms with E-state index in [9.17, 15) is 15.2 Å². The number of anilines is 1. The van der Waals surface area contributed by atoms with Crippen molar-refractivity contribution in [1.82, 2.24) is 9.97 Å². The number of hydrogen-bond acceptors (Lipinski definition) is 6. The number of nitro groups is 1. The molecule has 16 heavy (non-hydrogen) atoms. The average molecular weight is 224 g/mol. The van der Waals surface area contributed by atoms with Gasteiger partial charge in [0.2, 0.25) is 5.95 Å². The summed E-state index contributed by atoms with van der Waals surface area (Å²) >= 11 is 0. The zero-order valence-electron chi connectivity index (χ0n) is 8.61. The van der Waals surface area contributed by atoms with Crippen molar-refractivity contribution in [2.24, 2.45) is 0 Å². The zero-order chi connectivity index (χ0) is 11.5. The molecule has 2 rings (SSSR count). The quantitative estimate of drug-likeness (QED) is 0.575. The van der Waals surface area contributed by atoms with Crippen LogP contribution in [-0.4, -0.2) is 39.2 Å². The predicted octanol–water partition coefficient (Wildman–Crippen LogP) is 0.346. The Morgan fingerprint density at radius 3 is 2.75 bits per heavy atom. The van der Waals surface area contributed by atoms with Crippen LogP contribution in [0.1, 0.15) is 12.8 Å². The van der Waals surface area contributed by atoms with E-state index >= 15 is 0 Å². The minimum atomic E-state index is -0.533. The van der Waals surface area contributed by atoms with Gasteiger partial charge in [-0.2, -0.15) is 0 Å². The molecule has 1 N–H and O–H groups in total. The third kappa shape index (κ3) is 2.25. The molecule has 1 aliphatic rings. The predicted molar refractivity (Wildman–Crippen MR) is 56.1 cm³/mol. The monoisotopic (exact) mass is 224 g/mol. The van der Waals surface area contributed by atoms with Gasteiger partial charge in [-0.15, -0.1) is 0 Å². The van der Waals surface area contributed by atoms with Crippen molar-refractivity contribution in [2.45, 2.75) is 18.9 Å². The molecule has 7 heteroatoms. The summed E-state index contributed by atoms with van der Waals surface area (Å²) in [6.07, 6.45) is 3.66. The molecule has 0 bridgehead atoms. The highest BCUT2D eigenvalue weighted by Gasteiger charge is 2.20. The molecule has 7 nitrogen and oxygen atoms in total. The molecule has 0 amide bonds. The lowest BCUT2D eigenvalue weighted by molar-refractivity contribution is -0.385. The lowest BCUT2D eigenvalue weighted by Gasteiger charge is -2.29. The maximum atomic E-state index is 10.4. The van der Waals surface area contributed by atoms with E-state index in [0.29, 0.717) is 12.5 Å². The van der Waals surface area contributed by atoms with E-state index in [1.165, 1.54) is 12.4 Å². The maximum absolute atomic E-state index is 10.4. The van der Waals surface area contributed by atoms with Crippen molar-refractivity contribution in [3.63, 3.8) is 0 Å². The molecule has 1 aromatic rings. The molecule has 0 aromatic carbocycles. The molecular formula is C9H12N4O3. The second-order valence-corrected chi connectivity index (χ2v) is 3.74. The topological polar surface area (TPSA) is 92.4 Å².